The standard InChI is InChI=1S/C14H26/c1-9(2)13-11-5-7-12(8-6-11)14(13)10(3)4/h9-14H,5-8H2,1-4H3/t11?,12?,13-,14+. The molecule has 0 N–H and O–H groups in total. The van der Waals surface area contributed by atoms with Gasteiger partial charge in [-0.1, -0.05) is 27.7 Å². The molecule has 0 heterocycles. The molecule has 3 aliphatic rings. The fourth-order valence-electron chi connectivity index (χ4n) is 4.52. The van der Waals surface area contributed by atoms with E-state index in [1.165, 1.54) is 25.7 Å². The van der Waals surface area contributed by atoms with Crippen molar-refractivity contribution in [2.45, 2.75) is 53.4 Å². The number of rotatable bonds is 2. The molecule has 0 saturated heterocycles. The van der Waals surface area contributed by atoms with E-state index in [0.717, 1.165) is 35.5 Å². The molecule has 0 aliphatic heterocycles. The van der Waals surface area contributed by atoms with E-state index in [0.29, 0.717) is 0 Å². The van der Waals surface area contributed by atoms with Gasteiger partial charge in [0.15, 0.2) is 0 Å². The highest BCUT2D eigenvalue weighted by Gasteiger charge is 2.45. The van der Waals surface area contributed by atoms with Crippen LogP contribution in [0.5, 0.6) is 0 Å². The maximum atomic E-state index is 2.45. The zero-order chi connectivity index (χ0) is 10.3. The first-order valence-corrected chi connectivity index (χ1v) is 6.61. The van der Waals surface area contributed by atoms with Crippen LogP contribution in [0.4, 0.5) is 0 Å². The van der Waals surface area contributed by atoms with E-state index in [1.54, 1.807) is 0 Å². The minimum atomic E-state index is 0.912. The minimum Gasteiger partial charge on any atom is -0.0625 e. The smallest absolute Gasteiger partial charge is 0.0329 e. The topological polar surface area (TPSA) is 0 Å². The molecule has 0 spiro atoms. The van der Waals surface area contributed by atoms with Crippen LogP contribution in [0.2, 0.25) is 0 Å². The Morgan fingerprint density at radius 1 is 0.643 bits per heavy atom. The predicted octanol–water partition coefficient (Wildman–Crippen LogP) is 4.35. The van der Waals surface area contributed by atoms with Gasteiger partial charge in [0, 0.05) is 0 Å². The highest BCUT2D eigenvalue weighted by molar-refractivity contribution is 4.94. The van der Waals surface area contributed by atoms with Gasteiger partial charge in [0.25, 0.3) is 0 Å². The third-order valence-electron chi connectivity index (χ3n) is 4.89. The summed E-state index contributed by atoms with van der Waals surface area (Å²) in [5, 5.41) is 0. The van der Waals surface area contributed by atoms with Crippen LogP contribution in [0.25, 0.3) is 0 Å². The van der Waals surface area contributed by atoms with Gasteiger partial charge in [-0.15, -0.1) is 0 Å². The predicted molar refractivity (Wildman–Crippen MR) is 62.1 cm³/mol. The zero-order valence-corrected chi connectivity index (χ0v) is 10.3. The van der Waals surface area contributed by atoms with Gasteiger partial charge in [0.2, 0.25) is 0 Å². The molecule has 82 valence electrons. The third-order valence-corrected chi connectivity index (χ3v) is 4.89. The second kappa shape index (κ2) is 3.87. The second-order valence-corrected chi connectivity index (χ2v) is 6.32. The molecule has 0 nitrogen and oxygen atoms in total. The molecular weight excluding hydrogens is 168 g/mol. The van der Waals surface area contributed by atoms with Gasteiger partial charge in [0.05, 0.1) is 0 Å². The molecule has 0 aromatic rings. The summed E-state index contributed by atoms with van der Waals surface area (Å²) in [4.78, 5) is 0. The maximum absolute atomic E-state index is 2.45. The van der Waals surface area contributed by atoms with Crippen molar-refractivity contribution in [2.75, 3.05) is 0 Å². The Morgan fingerprint density at radius 3 is 1.14 bits per heavy atom. The molecule has 3 rings (SSSR count). The molecular formula is C14H26. The van der Waals surface area contributed by atoms with Crippen LogP contribution in [-0.4, -0.2) is 0 Å². The van der Waals surface area contributed by atoms with Crippen molar-refractivity contribution in [1.29, 1.82) is 0 Å². The van der Waals surface area contributed by atoms with E-state index in [9.17, 15) is 0 Å². The quantitative estimate of drug-likeness (QED) is 0.613. The van der Waals surface area contributed by atoms with Crippen molar-refractivity contribution >= 4 is 0 Å². The summed E-state index contributed by atoms with van der Waals surface area (Å²) >= 11 is 0. The van der Waals surface area contributed by atoms with Crippen LogP contribution in [0.1, 0.15) is 53.4 Å². The molecule has 0 radical (unpaired) electrons. The summed E-state index contributed by atoms with van der Waals surface area (Å²) in [5.74, 6) is 6.07. The van der Waals surface area contributed by atoms with Gasteiger partial charge in [-0.2, -0.15) is 0 Å². The Hall–Kier alpha value is 0. The summed E-state index contributed by atoms with van der Waals surface area (Å²) in [6.07, 6.45) is 6.15. The van der Waals surface area contributed by atoms with Gasteiger partial charge < -0.3 is 0 Å². The maximum Gasteiger partial charge on any atom is -0.0329 e. The van der Waals surface area contributed by atoms with Gasteiger partial charge in [0.1, 0.15) is 0 Å². The van der Waals surface area contributed by atoms with E-state index in [4.69, 9.17) is 0 Å². The van der Waals surface area contributed by atoms with Crippen LogP contribution in [0.3, 0.4) is 0 Å². The molecule has 2 bridgehead atoms. The molecule has 2 atom stereocenters. The zero-order valence-electron chi connectivity index (χ0n) is 10.3. The molecule has 0 unspecified atom stereocenters. The van der Waals surface area contributed by atoms with E-state index in [2.05, 4.69) is 27.7 Å². The van der Waals surface area contributed by atoms with Crippen molar-refractivity contribution < 1.29 is 0 Å². The average Bonchev–Trinajstić information content (AvgIpc) is 2.17. The third kappa shape index (κ3) is 1.61. The van der Waals surface area contributed by atoms with Crippen molar-refractivity contribution in [2.24, 2.45) is 35.5 Å². The number of hydrogen-bond donors (Lipinski definition) is 0. The molecule has 0 aromatic carbocycles. The lowest BCUT2D eigenvalue weighted by Crippen LogP contribution is -2.44. The van der Waals surface area contributed by atoms with E-state index < -0.39 is 0 Å². The van der Waals surface area contributed by atoms with E-state index in [1.807, 2.05) is 0 Å². The summed E-state index contributed by atoms with van der Waals surface area (Å²) in [6, 6.07) is 0. The Bertz CT molecular complexity index is 162. The number of fused-ring (bicyclic) bond motifs is 3. The highest BCUT2D eigenvalue weighted by atomic mass is 14.5. The van der Waals surface area contributed by atoms with Gasteiger partial charge >= 0.3 is 0 Å². The normalized spacial score (nSPS) is 42.4. The number of hydrogen-bond acceptors (Lipinski definition) is 0. The van der Waals surface area contributed by atoms with Crippen LogP contribution >= 0.6 is 0 Å². The monoisotopic (exact) mass is 194 g/mol. The molecule has 0 amide bonds. The van der Waals surface area contributed by atoms with E-state index in [-0.39, 0.29) is 0 Å². The summed E-state index contributed by atoms with van der Waals surface area (Å²) in [6.45, 7) is 9.78. The van der Waals surface area contributed by atoms with Crippen LogP contribution in [-0.2, 0) is 0 Å². The first-order chi connectivity index (χ1) is 6.61. The first kappa shape index (κ1) is 10.5. The summed E-state index contributed by atoms with van der Waals surface area (Å²) in [7, 11) is 0. The molecule has 3 saturated carbocycles. The van der Waals surface area contributed by atoms with Gasteiger partial charge in [-0.05, 0) is 61.2 Å². The lowest BCUT2D eigenvalue weighted by atomic mass is 9.53. The molecule has 0 aromatic heterocycles. The van der Waals surface area contributed by atoms with Crippen molar-refractivity contribution in [3.63, 3.8) is 0 Å². The fourth-order valence-corrected chi connectivity index (χ4v) is 4.52. The Kier molecular flexibility index (Phi) is 2.91. The Balaban J connectivity index is 2.18. The first-order valence-electron chi connectivity index (χ1n) is 6.61. The van der Waals surface area contributed by atoms with Crippen LogP contribution in [0.15, 0.2) is 0 Å². The van der Waals surface area contributed by atoms with Gasteiger partial charge in [-0.3, -0.25) is 0 Å². The average molecular weight is 194 g/mol. The van der Waals surface area contributed by atoms with E-state index >= 15 is 0 Å². The highest BCUT2D eigenvalue weighted by Crippen LogP contribution is 2.53. The van der Waals surface area contributed by atoms with Crippen molar-refractivity contribution in [3.8, 4) is 0 Å². The summed E-state index contributed by atoms with van der Waals surface area (Å²) in [5.41, 5.74) is 0. The molecule has 0 heteroatoms. The molecule has 3 aliphatic carbocycles. The largest absolute Gasteiger partial charge is 0.0625 e. The molecule has 3 fully saturated rings. The lowest BCUT2D eigenvalue weighted by molar-refractivity contribution is -0.0278. The Morgan fingerprint density at radius 2 is 0.929 bits per heavy atom. The SMILES string of the molecule is CC(C)[C@@H]1C2CCC(CC2)[C@@H]1C(C)C. The fraction of sp³-hybridized carbons (Fsp3) is 1.00. The Labute approximate surface area is 89.5 Å². The van der Waals surface area contributed by atoms with Crippen molar-refractivity contribution in [1.82, 2.24) is 0 Å². The second-order valence-electron chi connectivity index (χ2n) is 6.32. The van der Waals surface area contributed by atoms with Crippen LogP contribution in [0, 0.1) is 35.5 Å². The van der Waals surface area contributed by atoms with Crippen LogP contribution < -0.4 is 0 Å². The van der Waals surface area contributed by atoms with Gasteiger partial charge in [-0.25, -0.2) is 0 Å². The van der Waals surface area contributed by atoms with Crippen molar-refractivity contribution in [3.05, 3.63) is 0 Å². The molecule has 14 heavy (non-hydrogen) atoms. The lowest BCUT2D eigenvalue weighted by Gasteiger charge is -2.52. The minimum absolute atomic E-state index is 0.912. The summed E-state index contributed by atoms with van der Waals surface area (Å²) < 4.78 is 0.